The minimum absolute atomic E-state index is 0.0676. The number of benzene rings is 2. The Morgan fingerprint density at radius 3 is 2.72 bits per heavy atom. The molecule has 1 amide bonds. The van der Waals surface area contributed by atoms with E-state index >= 15 is 0 Å². The molecular formula is C20H17FN6O2. The topological polar surface area (TPSA) is 94.7 Å². The fourth-order valence-corrected chi connectivity index (χ4v) is 2.95. The number of halogens is 1. The van der Waals surface area contributed by atoms with Crippen molar-refractivity contribution < 1.29 is 9.18 Å². The average molecular weight is 392 g/mol. The zero-order valence-electron chi connectivity index (χ0n) is 15.5. The van der Waals surface area contributed by atoms with E-state index in [1.54, 1.807) is 18.2 Å². The molecule has 2 aromatic heterocycles. The van der Waals surface area contributed by atoms with Crippen LogP contribution in [0.1, 0.15) is 11.1 Å². The summed E-state index contributed by atoms with van der Waals surface area (Å²) in [5.41, 5.74) is 2.37. The molecule has 4 rings (SSSR count). The Morgan fingerprint density at radius 2 is 1.97 bits per heavy atom. The fourth-order valence-electron chi connectivity index (χ4n) is 2.95. The molecule has 1 N–H and O–H groups in total. The summed E-state index contributed by atoms with van der Waals surface area (Å²) in [5, 5.41) is 10.6. The van der Waals surface area contributed by atoms with Crippen LogP contribution in [0, 0.1) is 12.7 Å². The lowest BCUT2D eigenvalue weighted by Gasteiger charge is -2.08. The third-order valence-electron chi connectivity index (χ3n) is 4.35. The van der Waals surface area contributed by atoms with Crippen LogP contribution < -0.4 is 10.9 Å². The van der Waals surface area contributed by atoms with Gasteiger partial charge in [0.15, 0.2) is 11.2 Å². The minimum atomic E-state index is -0.459. The van der Waals surface area contributed by atoms with Gasteiger partial charge in [-0.05, 0) is 42.3 Å². The molecule has 4 aromatic rings. The molecule has 146 valence electrons. The van der Waals surface area contributed by atoms with E-state index in [1.807, 2.05) is 25.1 Å². The zero-order valence-corrected chi connectivity index (χ0v) is 15.5. The number of carbonyl (C=O) groups excluding carboxylic acids is 1. The first-order chi connectivity index (χ1) is 14.0. The minimum Gasteiger partial charge on any atom is -0.325 e. The lowest BCUT2D eigenvalue weighted by molar-refractivity contribution is -0.116. The average Bonchev–Trinajstić information content (AvgIpc) is 3.09. The number of amides is 1. The lowest BCUT2D eigenvalue weighted by Crippen LogP contribution is -2.28. The highest BCUT2D eigenvalue weighted by Gasteiger charge is 2.14. The second-order valence-corrected chi connectivity index (χ2v) is 6.64. The molecule has 0 aliphatic heterocycles. The van der Waals surface area contributed by atoms with E-state index in [2.05, 4.69) is 20.6 Å². The summed E-state index contributed by atoms with van der Waals surface area (Å²) in [5.74, 6) is -0.681. The van der Waals surface area contributed by atoms with Crippen LogP contribution in [0.15, 0.2) is 59.7 Å². The Bertz CT molecular complexity index is 1250. The van der Waals surface area contributed by atoms with Crippen molar-refractivity contribution in [3.63, 3.8) is 0 Å². The molecule has 0 unspecified atom stereocenters. The molecule has 0 radical (unpaired) electrons. The third-order valence-corrected chi connectivity index (χ3v) is 4.35. The van der Waals surface area contributed by atoms with Gasteiger partial charge in [0.05, 0.1) is 6.54 Å². The Balaban J connectivity index is 1.54. The van der Waals surface area contributed by atoms with Crippen LogP contribution in [0.3, 0.4) is 0 Å². The van der Waals surface area contributed by atoms with Gasteiger partial charge in [0.25, 0.3) is 5.56 Å². The highest BCUT2D eigenvalue weighted by molar-refractivity contribution is 5.90. The highest BCUT2D eigenvalue weighted by Crippen LogP contribution is 2.10. The van der Waals surface area contributed by atoms with Crippen molar-refractivity contribution in [2.45, 2.75) is 20.0 Å². The normalized spacial score (nSPS) is 11.0. The van der Waals surface area contributed by atoms with Crippen molar-refractivity contribution in [1.82, 2.24) is 24.5 Å². The SMILES string of the molecule is Cc1cccc(NC(=O)Cn2cnc3c(nnn3Cc3ccc(F)cc3)c2=O)c1. The predicted octanol–water partition coefficient (Wildman–Crippen LogP) is 2.12. The summed E-state index contributed by atoms with van der Waals surface area (Å²) >= 11 is 0. The van der Waals surface area contributed by atoms with Crippen LogP contribution in [0.25, 0.3) is 11.2 Å². The number of hydrogen-bond donors (Lipinski definition) is 1. The molecule has 2 aromatic carbocycles. The number of anilines is 1. The number of hydrogen-bond acceptors (Lipinski definition) is 5. The van der Waals surface area contributed by atoms with Crippen molar-refractivity contribution in [3.05, 3.63) is 82.2 Å². The van der Waals surface area contributed by atoms with Crippen molar-refractivity contribution in [3.8, 4) is 0 Å². The first-order valence-electron chi connectivity index (χ1n) is 8.89. The maximum atomic E-state index is 13.1. The van der Waals surface area contributed by atoms with Crippen LogP contribution in [0.4, 0.5) is 10.1 Å². The van der Waals surface area contributed by atoms with E-state index in [4.69, 9.17) is 0 Å². The second kappa shape index (κ2) is 7.63. The van der Waals surface area contributed by atoms with Crippen LogP contribution in [0.5, 0.6) is 0 Å². The maximum Gasteiger partial charge on any atom is 0.283 e. The van der Waals surface area contributed by atoms with E-state index < -0.39 is 5.56 Å². The quantitative estimate of drug-likeness (QED) is 0.561. The van der Waals surface area contributed by atoms with Gasteiger partial charge >= 0.3 is 0 Å². The first kappa shape index (κ1) is 18.5. The molecule has 9 heteroatoms. The van der Waals surface area contributed by atoms with Crippen LogP contribution in [-0.4, -0.2) is 30.5 Å². The number of rotatable bonds is 5. The molecule has 8 nitrogen and oxygen atoms in total. The molecule has 0 fully saturated rings. The van der Waals surface area contributed by atoms with Crippen molar-refractivity contribution in [2.24, 2.45) is 0 Å². The number of nitrogens with zero attached hydrogens (tertiary/aromatic N) is 5. The number of aromatic nitrogens is 5. The number of fused-ring (bicyclic) bond motifs is 1. The Kier molecular flexibility index (Phi) is 4.86. The van der Waals surface area contributed by atoms with Gasteiger partial charge in [-0.25, -0.2) is 14.1 Å². The standard InChI is InChI=1S/C20H17FN6O2/c1-13-3-2-4-16(9-13)23-17(28)11-26-12-22-19-18(20(26)29)24-25-27(19)10-14-5-7-15(21)8-6-14/h2-9,12H,10-11H2,1H3,(H,23,28). The fraction of sp³-hybridized carbons (Fsp3) is 0.150. The molecule has 0 spiro atoms. The second-order valence-electron chi connectivity index (χ2n) is 6.64. The van der Waals surface area contributed by atoms with Gasteiger partial charge in [-0.2, -0.15) is 0 Å². The van der Waals surface area contributed by atoms with Crippen LogP contribution >= 0.6 is 0 Å². The highest BCUT2D eigenvalue weighted by atomic mass is 19.1. The van der Waals surface area contributed by atoms with E-state index in [9.17, 15) is 14.0 Å². The Labute approximate surface area is 164 Å². The monoisotopic (exact) mass is 392 g/mol. The molecule has 0 aliphatic rings. The van der Waals surface area contributed by atoms with E-state index in [1.165, 1.54) is 27.7 Å². The van der Waals surface area contributed by atoms with Crippen LogP contribution in [-0.2, 0) is 17.9 Å². The van der Waals surface area contributed by atoms with Crippen molar-refractivity contribution in [2.75, 3.05) is 5.32 Å². The molecule has 0 atom stereocenters. The summed E-state index contributed by atoms with van der Waals surface area (Å²) in [7, 11) is 0. The van der Waals surface area contributed by atoms with Gasteiger partial charge < -0.3 is 5.32 Å². The summed E-state index contributed by atoms with van der Waals surface area (Å²) in [4.78, 5) is 29.2. The molecular weight excluding hydrogens is 375 g/mol. The van der Waals surface area contributed by atoms with Gasteiger partial charge in [0.2, 0.25) is 5.91 Å². The molecule has 0 aliphatic carbocycles. The number of carbonyl (C=O) groups is 1. The molecule has 2 heterocycles. The summed E-state index contributed by atoms with van der Waals surface area (Å²) in [6.07, 6.45) is 1.30. The molecule has 0 bridgehead atoms. The van der Waals surface area contributed by atoms with Gasteiger partial charge in [-0.15, -0.1) is 5.10 Å². The third kappa shape index (κ3) is 4.03. The number of aryl methyl sites for hydroxylation is 1. The van der Waals surface area contributed by atoms with Gasteiger partial charge in [0.1, 0.15) is 18.7 Å². The van der Waals surface area contributed by atoms with Crippen LogP contribution in [0.2, 0.25) is 0 Å². The van der Waals surface area contributed by atoms with Gasteiger partial charge in [-0.1, -0.05) is 29.5 Å². The van der Waals surface area contributed by atoms with Gasteiger partial charge in [-0.3, -0.25) is 14.2 Å². The van der Waals surface area contributed by atoms with E-state index in [-0.39, 0.29) is 23.8 Å². The molecule has 0 saturated heterocycles. The molecule has 0 saturated carbocycles. The largest absolute Gasteiger partial charge is 0.325 e. The van der Waals surface area contributed by atoms with Gasteiger partial charge in [0, 0.05) is 5.69 Å². The Hall–Kier alpha value is -3.88. The predicted molar refractivity (Wildman–Crippen MR) is 105 cm³/mol. The summed E-state index contributed by atoms with van der Waals surface area (Å²) < 4.78 is 15.7. The van der Waals surface area contributed by atoms with E-state index in [0.29, 0.717) is 17.9 Å². The summed E-state index contributed by atoms with van der Waals surface area (Å²) in [6.45, 7) is 2.02. The summed E-state index contributed by atoms with van der Waals surface area (Å²) in [6, 6.07) is 13.3. The lowest BCUT2D eigenvalue weighted by atomic mass is 10.2. The Morgan fingerprint density at radius 1 is 1.17 bits per heavy atom. The maximum absolute atomic E-state index is 13.1. The van der Waals surface area contributed by atoms with Crippen molar-refractivity contribution in [1.29, 1.82) is 0 Å². The smallest absolute Gasteiger partial charge is 0.283 e. The zero-order chi connectivity index (χ0) is 20.4. The van der Waals surface area contributed by atoms with Crippen molar-refractivity contribution >= 4 is 22.8 Å². The first-order valence-corrected chi connectivity index (χ1v) is 8.89. The van der Waals surface area contributed by atoms with E-state index in [0.717, 1.165) is 11.1 Å². The number of nitrogens with one attached hydrogen (secondary N) is 1. The molecule has 29 heavy (non-hydrogen) atoms.